The zero-order valence-corrected chi connectivity index (χ0v) is 17.1. The second-order valence-electron chi connectivity index (χ2n) is 7.43. The van der Waals surface area contributed by atoms with Crippen molar-refractivity contribution in [2.75, 3.05) is 5.32 Å². The van der Waals surface area contributed by atoms with Crippen LogP contribution in [0.25, 0.3) is 6.08 Å². The first-order chi connectivity index (χ1) is 13.0. The Hall–Kier alpha value is -2.93. The van der Waals surface area contributed by atoms with Crippen LogP contribution in [-0.4, -0.2) is 20.2 Å². The number of allylic oxidation sites excluding steroid dienone is 1. The number of rotatable bonds is 5. The van der Waals surface area contributed by atoms with Crippen molar-refractivity contribution in [1.29, 1.82) is 0 Å². The van der Waals surface area contributed by atoms with Crippen molar-refractivity contribution in [3.05, 3.63) is 65.7 Å². The summed E-state index contributed by atoms with van der Waals surface area (Å²) in [7, 11) is -4.07. The van der Waals surface area contributed by atoms with Crippen LogP contribution in [0.15, 0.2) is 59.5 Å². The summed E-state index contributed by atoms with van der Waals surface area (Å²) in [4.78, 5) is 23.5. The van der Waals surface area contributed by atoms with E-state index in [0.717, 1.165) is 12.5 Å². The molecule has 0 heterocycles. The minimum absolute atomic E-state index is 0.0547. The predicted octanol–water partition coefficient (Wildman–Crippen LogP) is 3.82. The molecule has 0 spiro atoms. The molecular weight excluding hydrogens is 376 g/mol. The van der Waals surface area contributed by atoms with Crippen molar-refractivity contribution in [3.8, 4) is 0 Å². The first kappa shape index (κ1) is 21.4. The van der Waals surface area contributed by atoms with Gasteiger partial charge in [-0.1, -0.05) is 57.2 Å². The summed E-state index contributed by atoms with van der Waals surface area (Å²) in [6.45, 7) is 7.39. The fourth-order valence-electron chi connectivity index (χ4n) is 2.33. The number of benzene rings is 2. The van der Waals surface area contributed by atoms with E-state index in [1.165, 1.54) is 18.2 Å². The summed E-state index contributed by atoms with van der Waals surface area (Å²) in [6, 6.07) is 12.9. The molecule has 2 aromatic rings. The summed E-state index contributed by atoms with van der Waals surface area (Å²) in [6.07, 6.45) is 4.06. The predicted molar refractivity (Wildman–Crippen MR) is 110 cm³/mol. The van der Waals surface area contributed by atoms with Crippen molar-refractivity contribution >= 4 is 33.6 Å². The number of carbonyl (C=O) groups is 2. The Balaban J connectivity index is 2.22. The van der Waals surface area contributed by atoms with Crippen LogP contribution >= 0.6 is 0 Å². The zero-order chi connectivity index (χ0) is 20.9. The van der Waals surface area contributed by atoms with E-state index >= 15 is 0 Å². The third kappa shape index (κ3) is 6.06. The lowest BCUT2D eigenvalue weighted by Crippen LogP contribution is -2.29. The van der Waals surface area contributed by atoms with Gasteiger partial charge in [0.15, 0.2) is 0 Å². The van der Waals surface area contributed by atoms with Gasteiger partial charge in [0.2, 0.25) is 5.91 Å². The lowest BCUT2D eigenvalue weighted by atomic mass is 9.95. The molecule has 0 aliphatic rings. The number of sulfonamides is 1. The maximum atomic E-state index is 12.5. The van der Waals surface area contributed by atoms with Crippen LogP contribution in [-0.2, 0) is 14.8 Å². The van der Waals surface area contributed by atoms with Crippen LogP contribution < -0.4 is 10.0 Å². The molecule has 0 unspecified atom stereocenters. The quantitative estimate of drug-likeness (QED) is 0.798. The third-order valence-corrected chi connectivity index (χ3v) is 5.14. The van der Waals surface area contributed by atoms with Crippen LogP contribution in [0.1, 0.15) is 43.6 Å². The minimum atomic E-state index is -4.07. The van der Waals surface area contributed by atoms with Gasteiger partial charge in [0, 0.05) is 12.5 Å². The molecule has 0 aliphatic carbocycles. The van der Waals surface area contributed by atoms with Crippen molar-refractivity contribution < 1.29 is 18.0 Å². The highest BCUT2D eigenvalue weighted by Gasteiger charge is 2.20. The van der Waals surface area contributed by atoms with Gasteiger partial charge in [0.25, 0.3) is 15.9 Å². The number of hydrogen-bond acceptors (Lipinski definition) is 4. The van der Waals surface area contributed by atoms with Gasteiger partial charge in [0.05, 0.1) is 5.69 Å². The van der Waals surface area contributed by atoms with Gasteiger partial charge in [-0.25, -0.2) is 13.1 Å². The molecule has 0 radical (unpaired) electrons. The number of nitrogens with one attached hydrogen (secondary N) is 2. The molecule has 28 heavy (non-hydrogen) atoms. The van der Waals surface area contributed by atoms with Crippen LogP contribution in [0.4, 0.5) is 5.69 Å². The summed E-state index contributed by atoms with van der Waals surface area (Å²) < 4.78 is 26.5. The normalized spacial score (nSPS) is 12.0. The molecule has 0 atom stereocenters. The topological polar surface area (TPSA) is 92.3 Å². The smallest absolute Gasteiger partial charge is 0.266 e. The van der Waals surface area contributed by atoms with Crippen LogP contribution in [0.5, 0.6) is 0 Å². The van der Waals surface area contributed by atoms with E-state index in [1.807, 2.05) is 22.9 Å². The lowest BCUT2D eigenvalue weighted by Gasteiger charge is -2.12. The first-order valence-electron chi connectivity index (χ1n) is 8.71. The van der Waals surface area contributed by atoms with Crippen LogP contribution in [0, 0.1) is 5.41 Å². The van der Waals surface area contributed by atoms with Crippen LogP contribution in [0.2, 0.25) is 0 Å². The second-order valence-corrected chi connectivity index (χ2v) is 9.08. The van der Waals surface area contributed by atoms with Gasteiger partial charge in [-0.2, -0.15) is 0 Å². The molecule has 0 bridgehead atoms. The molecular formula is C21H24N2O4S. The van der Waals surface area contributed by atoms with Crippen molar-refractivity contribution in [2.24, 2.45) is 5.41 Å². The molecule has 2 amide bonds. The largest absolute Gasteiger partial charge is 0.321 e. The molecule has 0 saturated heterocycles. The standard InChI is InChI=1S/C21H24N2O4S/c1-15(24)23-28(26,27)19-8-6-5-7-18(19)22-20(25)17-11-9-16(10-12-17)13-14-21(2,3)4/h5-14H,1-4H3,(H,22,25)(H,23,24). The number of hydrogen-bond donors (Lipinski definition) is 2. The number of para-hydroxylation sites is 1. The Labute approximate surface area is 165 Å². The van der Waals surface area contributed by atoms with Gasteiger partial charge in [0.1, 0.15) is 4.90 Å². The van der Waals surface area contributed by atoms with E-state index in [4.69, 9.17) is 0 Å². The SMILES string of the molecule is CC(=O)NS(=O)(=O)c1ccccc1NC(=O)c1ccc(C=CC(C)(C)C)cc1. The van der Waals surface area contributed by atoms with E-state index in [-0.39, 0.29) is 16.0 Å². The molecule has 6 nitrogen and oxygen atoms in total. The second kappa shape index (κ2) is 8.39. The van der Waals surface area contributed by atoms with E-state index < -0.39 is 21.8 Å². The Bertz CT molecular complexity index is 1000. The fraction of sp³-hybridized carbons (Fsp3) is 0.238. The Morgan fingerprint density at radius 2 is 1.57 bits per heavy atom. The van der Waals surface area contributed by atoms with Gasteiger partial charge in [-0.3, -0.25) is 9.59 Å². The summed E-state index contributed by atoms with van der Waals surface area (Å²) in [5, 5.41) is 2.59. The van der Waals surface area contributed by atoms with E-state index in [0.29, 0.717) is 5.56 Å². The summed E-state index contributed by atoms with van der Waals surface area (Å²) >= 11 is 0. The molecule has 2 aromatic carbocycles. The van der Waals surface area contributed by atoms with Gasteiger partial charge < -0.3 is 5.32 Å². The number of anilines is 1. The van der Waals surface area contributed by atoms with Crippen molar-refractivity contribution in [1.82, 2.24) is 4.72 Å². The van der Waals surface area contributed by atoms with E-state index in [2.05, 4.69) is 32.2 Å². The molecule has 0 aromatic heterocycles. The highest BCUT2D eigenvalue weighted by Crippen LogP contribution is 2.22. The highest BCUT2D eigenvalue weighted by molar-refractivity contribution is 7.90. The molecule has 0 saturated carbocycles. The highest BCUT2D eigenvalue weighted by atomic mass is 32.2. The number of amides is 2. The van der Waals surface area contributed by atoms with Gasteiger partial charge in [-0.05, 0) is 35.2 Å². The van der Waals surface area contributed by atoms with Crippen molar-refractivity contribution in [2.45, 2.75) is 32.6 Å². The zero-order valence-electron chi connectivity index (χ0n) is 16.3. The molecule has 2 rings (SSSR count). The number of carbonyl (C=O) groups excluding carboxylic acids is 2. The van der Waals surface area contributed by atoms with Crippen LogP contribution in [0.3, 0.4) is 0 Å². The van der Waals surface area contributed by atoms with Crippen molar-refractivity contribution in [3.63, 3.8) is 0 Å². The minimum Gasteiger partial charge on any atom is -0.321 e. The van der Waals surface area contributed by atoms with E-state index in [1.54, 1.807) is 18.2 Å². The van der Waals surface area contributed by atoms with Gasteiger partial charge >= 0.3 is 0 Å². The molecule has 0 fully saturated rings. The first-order valence-corrected chi connectivity index (χ1v) is 10.2. The maximum absolute atomic E-state index is 12.5. The monoisotopic (exact) mass is 400 g/mol. The Kier molecular flexibility index (Phi) is 6.41. The molecule has 0 aliphatic heterocycles. The Morgan fingerprint density at radius 3 is 2.14 bits per heavy atom. The summed E-state index contributed by atoms with van der Waals surface area (Å²) in [5.74, 6) is -1.16. The molecule has 2 N–H and O–H groups in total. The Morgan fingerprint density at radius 1 is 0.964 bits per heavy atom. The molecule has 148 valence electrons. The lowest BCUT2D eigenvalue weighted by molar-refractivity contribution is -0.117. The third-order valence-electron chi connectivity index (χ3n) is 3.65. The average molecular weight is 401 g/mol. The fourth-order valence-corrected chi connectivity index (χ4v) is 3.49. The summed E-state index contributed by atoms with van der Waals surface area (Å²) in [5.41, 5.74) is 1.50. The maximum Gasteiger partial charge on any atom is 0.266 e. The molecule has 7 heteroatoms. The van der Waals surface area contributed by atoms with Gasteiger partial charge in [-0.15, -0.1) is 0 Å². The van der Waals surface area contributed by atoms with E-state index in [9.17, 15) is 18.0 Å². The average Bonchev–Trinajstić information content (AvgIpc) is 2.59.